The Bertz CT molecular complexity index is 1150. The molecule has 1 saturated carbocycles. The van der Waals surface area contributed by atoms with Gasteiger partial charge in [-0.1, -0.05) is 17.6 Å². The molecule has 34 heavy (non-hydrogen) atoms. The van der Waals surface area contributed by atoms with E-state index in [0.29, 0.717) is 55.2 Å². The molecule has 0 atom stereocenters. The summed E-state index contributed by atoms with van der Waals surface area (Å²) in [4.78, 5) is 20.7. The molecular formula is C24H24F3N5O2. The largest absolute Gasteiger partial charge is 0.416 e. The molecule has 1 N–H and O–H groups in total. The van der Waals surface area contributed by atoms with Gasteiger partial charge in [0.05, 0.1) is 5.56 Å². The van der Waals surface area contributed by atoms with E-state index in [9.17, 15) is 18.0 Å². The van der Waals surface area contributed by atoms with Crippen molar-refractivity contribution in [1.29, 1.82) is 0 Å². The number of amides is 2. The number of alkyl halides is 3. The van der Waals surface area contributed by atoms with Crippen LogP contribution < -0.4 is 10.2 Å². The van der Waals surface area contributed by atoms with Gasteiger partial charge in [0.2, 0.25) is 11.7 Å². The average Bonchev–Trinajstić information content (AvgIpc) is 3.27. The predicted molar refractivity (Wildman–Crippen MR) is 121 cm³/mol. The second-order valence-corrected chi connectivity index (χ2v) is 8.61. The standard InChI is InChI=1S/C24H24F3N5O2/c25-24(26,27)18-5-2-6-20(15-18)31-11-13-32(14-12-31)23(33)28-19-9-7-16(8-10-19)21-29-22(34-30-21)17-3-1-4-17/h2,5-10,15,17H,1,3-4,11-14H2,(H,28,33). The molecule has 7 nitrogen and oxygen atoms in total. The van der Waals surface area contributed by atoms with Crippen LogP contribution in [0.2, 0.25) is 0 Å². The molecule has 1 aromatic heterocycles. The Balaban J connectivity index is 1.15. The number of anilines is 2. The molecule has 0 radical (unpaired) electrons. The zero-order valence-electron chi connectivity index (χ0n) is 18.4. The van der Waals surface area contributed by atoms with E-state index in [1.54, 1.807) is 23.1 Å². The third kappa shape index (κ3) is 4.71. The molecule has 2 fully saturated rings. The fourth-order valence-corrected chi connectivity index (χ4v) is 4.13. The summed E-state index contributed by atoms with van der Waals surface area (Å²) in [6.07, 6.45) is -1.02. The minimum absolute atomic E-state index is 0.247. The first-order valence-electron chi connectivity index (χ1n) is 11.3. The van der Waals surface area contributed by atoms with E-state index in [1.165, 1.54) is 12.5 Å². The van der Waals surface area contributed by atoms with Crippen molar-refractivity contribution in [3.05, 3.63) is 60.0 Å². The zero-order chi connectivity index (χ0) is 23.7. The van der Waals surface area contributed by atoms with Gasteiger partial charge in [0.1, 0.15) is 0 Å². The molecular weight excluding hydrogens is 447 g/mol. The third-order valence-corrected chi connectivity index (χ3v) is 6.40. The highest BCUT2D eigenvalue weighted by Gasteiger charge is 2.31. The van der Waals surface area contributed by atoms with E-state index >= 15 is 0 Å². The Morgan fingerprint density at radius 1 is 1.03 bits per heavy atom. The fraction of sp³-hybridized carbons (Fsp3) is 0.375. The summed E-state index contributed by atoms with van der Waals surface area (Å²) in [5.41, 5.74) is 1.28. The third-order valence-electron chi connectivity index (χ3n) is 6.40. The minimum atomic E-state index is -4.38. The SMILES string of the molecule is O=C(Nc1ccc(-c2noc(C3CCC3)n2)cc1)N1CCN(c2cccc(C(F)(F)F)c2)CC1. The Hall–Kier alpha value is -3.56. The summed E-state index contributed by atoms with van der Waals surface area (Å²) in [7, 11) is 0. The lowest BCUT2D eigenvalue weighted by molar-refractivity contribution is -0.137. The molecule has 0 unspecified atom stereocenters. The van der Waals surface area contributed by atoms with Crippen LogP contribution in [0, 0.1) is 0 Å². The number of benzene rings is 2. The van der Waals surface area contributed by atoms with Crippen molar-refractivity contribution >= 4 is 17.4 Å². The summed E-state index contributed by atoms with van der Waals surface area (Å²) >= 11 is 0. The lowest BCUT2D eigenvalue weighted by Gasteiger charge is -2.36. The Morgan fingerprint density at radius 2 is 1.76 bits per heavy atom. The van der Waals surface area contributed by atoms with Crippen molar-refractivity contribution in [1.82, 2.24) is 15.0 Å². The van der Waals surface area contributed by atoms with Crippen molar-refractivity contribution < 1.29 is 22.5 Å². The Morgan fingerprint density at radius 3 is 2.41 bits per heavy atom. The number of halogens is 3. The number of carbonyl (C=O) groups is 1. The quantitative estimate of drug-likeness (QED) is 0.553. The molecule has 1 aliphatic heterocycles. The molecule has 1 aliphatic carbocycles. The maximum Gasteiger partial charge on any atom is 0.416 e. The van der Waals surface area contributed by atoms with Crippen LogP contribution in [0.25, 0.3) is 11.4 Å². The highest BCUT2D eigenvalue weighted by Crippen LogP contribution is 2.36. The van der Waals surface area contributed by atoms with Gasteiger partial charge in [-0.05, 0) is 55.3 Å². The van der Waals surface area contributed by atoms with Gasteiger partial charge in [0.25, 0.3) is 0 Å². The lowest BCUT2D eigenvalue weighted by Crippen LogP contribution is -2.50. The second-order valence-electron chi connectivity index (χ2n) is 8.61. The van der Waals surface area contributed by atoms with Crippen molar-refractivity contribution in [2.45, 2.75) is 31.4 Å². The van der Waals surface area contributed by atoms with Gasteiger partial charge in [-0.25, -0.2) is 4.79 Å². The number of nitrogens with one attached hydrogen (secondary N) is 1. The van der Waals surface area contributed by atoms with E-state index in [-0.39, 0.29) is 6.03 Å². The number of rotatable bonds is 4. The molecule has 0 spiro atoms. The van der Waals surface area contributed by atoms with Gasteiger partial charge in [-0.15, -0.1) is 0 Å². The maximum atomic E-state index is 13.0. The number of hydrogen-bond acceptors (Lipinski definition) is 5. The molecule has 10 heteroatoms. The normalized spacial score (nSPS) is 16.9. The van der Waals surface area contributed by atoms with Crippen LogP contribution in [0.1, 0.15) is 36.6 Å². The van der Waals surface area contributed by atoms with Crippen molar-refractivity contribution in [3.8, 4) is 11.4 Å². The monoisotopic (exact) mass is 471 g/mol. The first-order valence-corrected chi connectivity index (χ1v) is 11.3. The molecule has 2 aromatic carbocycles. The maximum absolute atomic E-state index is 13.0. The van der Waals surface area contributed by atoms with Crippen LogP contribution in [0.4, 0.5) is 29.3 Å². The number of nitrogens with zero attached hydrogens (tertiary/aromatic N) is 4. The topological polar surface area (TPSA) is 74.5 Å². The van der Waals surface area contributed by atoms with Crippen molar-refractivity contribution in [3.63, 3.8) is 0 Å². The summed E-state index contributed by atoms with van der Waals surface area (Å²) in [5, 5.41) is 6.93. The van der Waals surface area contributed by atoms with Gasteiger partial charge in [0, 0.05) is 49.0 Å². The van der Waals surface area contributed by atoms with Gasteiger partial charge in [0.15, 0.2) is 0 Å². The first-order chi connectivity index (χ1) is 16.4. The molecule has 2 heterocycles. The first kappa shape index (κ1) is 22.2. The molecule has 2 amide bonds. The van der Waals surface area contributed by atoms with Crippen LogP contribution in [0.5, 0.6) is 0 Å². The molecule has 178 valence electrons. The minimum Gasteiger partial charge on any atom is -0.368 e. The van der Waals surface area contributed by atoms with Crippen LogP contribution in [0.15, 0.2) is 53.1 Å². The number of aromatic nitrogens is 2. The smallest absolute Gasteiger partial charge is 0.368 e. The van der Waals surface area contributed by atoms with Gasteiger partial charge in [-0.2, -0.15) is 18.2 Å². The summed E-state index contributed by atoms with van der Waals surface area (Å²) in [6.45, 7) is 1.73. The summed E-state index contributed by atoms with van der Waals surface area (Å²) in [6, 6.07) is 12.3. The lowest BCUT2D eigenvalue weighted by atomic mass is 9.85. The van der Waals surface area contributed by atoms with E-state index < -0.39 is 11.7 Å². The van der Waals surface area contributed by atoms with E-state index in [2.05, 4.69) is 15.5 Å². The number of hydrogen-bond donors (Lipinski definition) is 1. The van der Waals surface area contributed by atoms with Gasteiger partial charge < -0.3 is 19.6 Å². The van der Waals surface area contributed by atoms with Gasteiger partial charge >= 0.3 is 12.2 Å². The van der Waals surface area contributed by atoms with E-state index in [4.69, 9.17) is 4.52 Å². The van der Waals surface area contributed by atoms with Crippen LogP contribution >= 0.6 is 0 Å². The van der Waals surface area contributed by atoms with Crippen LogP contribution in [-0.2, 0) is 6.18 Å². The summed E-state index contributed by atoms with van der Waals surface area (Å²) in [5.74, 6) is 1.59. The molecule has 2 aliphatic rings. The molecule has 5 rings (SSSR count). The number of piperazine rings is 1. The number of carbonyl (C=O) groups excluding carboxylic acids is 1. The van der Waals surface area contributed by atoms with Crippen molar-refractivity contribution in [2.24, 2.45) is 0 Å². The molecule has 0 bridgehead atoms. The van der Waals surface area contributed by atoms with Crippen LogP contribution in [0.3, 0.4) is 0 Å². The summed E-state index contributed by atoms with van der Waals surface area (Å²) < 4.78 is 44.3. The van der Waals surface area contributed by atoms with Gasteiger partial charge in [-0.3, -0.25) is 0 Å². The van der Waals surface area contributed by atoms with Crippen LogP contribution in [-0.4, -0.2) is 47.3 Å². The Kier molecular flexibility index (Phi) is 5.89. The highest BCUT2D eigenvalue weighted by molar-refractivity contribution is 5.89. The fourth-order valence-electron chi connectivity index (χ4n) is 4.13. The molecule has 3 aromatic rings. The predicted octanol–water partition coefficient (Wildman–Crippen LogP) is 5.38. The highest BCUT2D eigenvalue weighted by atomic mass is 19.4. The Labute approximate surface area is 194 Å². The second kappa shape index (κ2) is 9.00. The average molecular weight is 471 g/mol. The van der Waals surface area contributed by atoms with E-state index in [0.717, 1.165) is 30.5 Å². The number of urea groups is 1. The zero-order valence-corrected chi connectivity index (χ0v) is 18.4. The van der Waals surface area contributed by atoms with Crippen molar-refractivity contribution in [2.75, 3.05) is 36.4 Å². The van der Waals surface area contributed by atoms with E-state index in [1.807, 2.05) is 17.0 Å². The molecule has 1 saturated heterocycles.